The lowest BCUT2D eigenvalue weighted by Crippen LogP contribution is -2.34. The third kappa shape index (κ3) is 4.06. The largest absolute Gasteiger partial charge is 0.726 e. The van der Waals surface area contributed by atoms with Crippen LogP contribution < -0.4 is 4.57 Å². The van der Waals surface area contributed by atoms with Gasteiger partial charge in [0.1, 0.15) is 11.2 Å². The molecule has 104 valence electrons. The van der Waals surface area contributed by atoms with Crippen LogP contribution in [0.15, 0.2) is 24.3 Å². The number of nitrogens with zero attached hydrogens (tertiary/aromatic N) is 2. The average molecular weight is 302 g/mol. The van der Waals surface area contributed by atoms with Gasteiger partial charge in [-0.3, -0.25) is 4.55 Å². The molecule has 8 heteroatoms. The first-order valence-electron chi connectivity index (χ1n) is 5.25. The molecule has 0 saturated carbocycles. The van der Waals surface area contributed by atoms with Crippen molar-refractivity contribution in [3.8, 4) is 0 Å². The molecule has 1 heterocycles. The summed E-state index contributed by atoms with van der Waals surface area (Å²) in [4.78, 5) is 0. The minimum atomic E-state index is -4.92. The van der Waals surface area contributed by atoms with Crippen molar-refractivity contribution in [3.63, 3.8) is 0 Å². The van der Waals surface area contributed by atoms with Crippen molar-refractivity contribution in [1.82, 2.24) is 4.57 Å². The molecular weight excluding hydrogens is 288 g/mol. The van der Waals surface area contributed by atoms with Gasteiger partial charge in [-0.25, -0.2) is 17.6 Å². The van der Waals surface area contributed by atoms with Gasteiger partial charge in [0.05, 0.1) is 19.5 Å². The minimum Gasteiger partial charge on any atom is -0.726 e. The van der Waals surface area contributed by atoms with Gasteiger partial charge in [0.25, 0.3) is 0 Å². The highest BCUT2D eigenvalue weighted by molar-refractivity contribution is 7.79. The molecule has 6 nitrogen and oxygen atoms in total. The first-order valence-corrected chi connectivity index (χ1v) is 7.03. The number of hydrogen-bond donors (Lipinski definition) is 1. The molecule has 0 aliphatic rings. The molecule has 0 aliphatic carbocycles. The van der Waals surface area contributed by atoms with Crippen LogP contribution in [-0.2, 0) is 24.5 Å². The maximum absolute atomic E-state index is 8.63. The fourth-order valence-corrected chi connectivity index (χ4v) is 1.96. The van der Waals surface area contributed by atoms with E-state index in [4.69, 9.17) is 29.7 Å². The summed E-state index contributed by atoms with van der Waals surface area (Å²) < 4.78 is 37.8. The summed E-state index contributed by atoms with van der Waals surface area (Å²) in [5.41, 5.74) is 2.40. The van der Waals surface area contributed by atoms with Gasteiger partial charge in [0, 0.05) is 12.2 Å². The van der Waals surface area contributed by atoms with Gasteiger partial charge in [-0.15, -0.1) is 0 Å². The van der Waals surface area contributed by atoms with Crippen molar-refractivity contribution in [2.45, 2.75) is 6.92 Å². The summed E-state index contributed by atoms with van der Waals surface area (Å²) in [5.74, 6) is 0. The highest BCUT2D eigenvalue weighted by Gasteiger charge is 2.11. The van der Waals surface area contributed by atoms with E-state index < -0.39 is 10.4 Å². The van der Waals surface area contributed by atoms with E-state index in [1.54, 1.807) is 0 Å². The van der Waals surface area contributed by atoms with Crippen LogP contribution in [0.5, 0.6) is 0 Å². The molecule has 0 radical (unpaired) electrons. The summed E-state index contributed by atoms with van der Waals surface area (Å²) in [6, 6.07) is 8.31. The number of aryl methyl sites for hydroxylation is 2. The van der Waals surface area contributed by atoms with Crippen LogP contribution >= 0.6 is 12.2 Å². The van der Waals surface area contributed by atoms with Crippen molar-refractivity contribution in [2.24, 2.45) is 14.1 Å². The Morgan fingerprint density at radius 1 is 1.37 bits per heavy atom. The third-order valence-electron chi connectivity index (χ3n) is 2.73. The summed E-state index contributed by atoms with van der Waals surface area (Å²) in [5, 5.41) is 1.26. The highest BCUT2D eigenvalue weighted by atomic mass is 32.3. The van der Waals surface area contributed by atoms with E-state index in [1.165, 1.54) is 16.6 Å². The normalized spacial score (nSPS) is 11.0. The second-order valence-corrected chi connectivity index (χ2v) is 5.15. The van der Waals surface area contributed by atoms with Crippen LogP contribution in [0.4, 0.5) is 0 Å². The fraction of sp³-hybridized carbons (Fsp3) is 0.273. The zero-order valence-corrected chi connectivity index (χ0v) is 12.3. The van der Waals surface area contributed by atoms with Crippen LogP contribution in [0.3, 0.4) is 0 Å². The monoisotopic (exact) mass is 302 g/mol. The first-order chi connectivity index (χ1) is 8.63. The van der Waals surface area contributed by atoms with E-state index >= 15 is 0 Å². The predicted molar refractivity (Wildman–Crippen MR) is 72.0 cm³/mol. The maximum Gasteiger partial charge on any atom is 0.351 e. The molecule has 2 aromatic rings. The standard InChI is InChI=1S/C11H13N2S.H2O4S/c1-8-9-6-4-5-7-10(9)13(3)11(14)12(8)2;1-5(2,3)4/h4-7H,1-3H3;(H2,1,2,3,4)/q+1;/p-1. The number of hydrogen-bond acceptors (Lipinski definition) is 4. The Bertz CT molecular complexity index is 758. The SMILES string of the molecule is Cc1c2ccccc2[n+](C)c(=S)n1C.O=S(=O)([O-])O. The van der Waals surface area contributed by atoms with Gasteiger partial charge in [-0.05, 0) is 19.1 Å². The second-order valence-electron chi connectivity index (χ2n) is 3.93. The van der Waals surface area contributed by atoms with E-state index in [-0.39, 0.29) is 0 Å². The third-order valence-corrected chi connectivity index (χ3v) is 3.28. The van der Waals surface area contributed by atoms with Crippen LogP contribution in [0.1, 0.15) is 5.69 Å². The summed E-state index contributed by atoms with van der Waals surface area (Å²) in [7, 11) is -0.909. The highest BCUT2D eigenvalue weighted by Crippen LogP contribution is 2.13. The van der Waals surface area contributed by atoms with Gasteiger partial charge in [0.2, 0.25) is 10.4 Å². The van der Waals surface area contributed by atoms with Crippen molar-refractivity contribution in [2.75, 3.05) is 0 Å². The molecule has 1 aromatic carbocycles. The molecule has 0 bridgehead atoms. The average Bonchev–Trinajstić information content (AvgIpc) is 2.32. The maximum atomic E-state index is 8.63. The van der Waals surface area contributed by atoms with Crippen LogP contribution in [0.2, 0.25) is 0 Å². The lowest BCUT2D eigenvalue weighted by Gasteiger charge is -2.05. The minimum absolute atomic E-state index is 0.848. The summed E-state index contributed by atoms with van der Waals surface area (Å²) in [6.07, 6.45) is 0. The zero-order chi connectivity index (χ0) is 14.8. The van der Waals surface area contributed by atoms with Crippen LogP contribution in [0, 0.1) is 11.7 Å². The Balaban J connectivity index is 0.000000312. The van der Waals surface area contributed by atoms with Gasteiger partial charge in [-0.2, -0.15) is 0 Å². The molecule has 19 heavy (non-hydrogen) atoms. The second kappa shape index (κ2) is 5.74. The summed E-state index contributed by atoms with van der Waals surface area (Å²) >= 11 is 5.34. The lowest BCUT2D eigenvalue weighted by atomic mass is 10.2. The molecule has 0 unspecified atom stereocenters. The molecule has 1 aromatic heterocycles. The van der Waals surface area contributed by atoms with E-state index in [0.29, 0.717) is 0 Å². The van der Waals surface area contributed by atoms with Gasteiger partial charge in [-0.1, -0.05) is 12.1 Å². The topological polar surface area (TPSA) is 86.2 Å². The number of aromatic nitrogens is 2. The van der Waals surface area contributed by atoms with Crippen LogP contribution in [0.25, 0.3) is 10.9 Å². The molecule has 0 atom stereocenters. The first kappa shape index (κ1) is 15.7. The van der Waals surface area contributed by atoms with Crippen molar-refractivity contribution < 1.29 is 22.1 Å². The number of para-hydroxylation sites is 1. The van der Waals surface area contributed by atoms with E-state index in [0.717, 1.165) is 4.77 Å². The van der Waals surface area contributed by atoms with Crippen molar-refractivity contribution in [1.29, 1.82) is 0 Å². The van der Waals surface area contributed by atoms with Crippen molar-refractivity contribution >= 4 is 33.5 Å². The van der Waals surface area contributed by atoms with E-state index in [9.17, 15) is 0 Å². The molecule has 0 saturated heterocycles. The Labute approximate surface area is 116 Å². The number of benzene rings is 1. The van der Waals surface area contributed by atoms with E-state index in [2.05, 4.69) is 25.1 Å². The molecule has 0 spiro atoms. The van der Waals surface area contributed by atoms with E-state index in [1.807, 2.05) is 29.3 Å². The van der Waals surface area contributed by atoms with Gasteiger partial charge >= 0.3 is 4.77 Å². The van der Waals surface area contributed by atoms with Gasteiger partial charge < -0.3 is 4.55 Å². The molecule has 0 aliphatic heterocycles. The zero-order valence-electron chi connectivity index (χ0n) is 10.7. The molecular formula is C11H14N2O4S2. The Morgan fingerprint density at radius 3 is 2.37 bits per heavy atom. The van der Waals surface area contributed by atoms with Crippen LogP contribution in [-0.4, -0.2) is 22.1 Å². The molecule has 0 fully saturated rings. The molecule has 2 rings (SSSR count). The predicted octanol–water partition coefficient (Wildman–Crippen LogP) is 1.05. The van der Waals surface area contributed by atoms with Crippen molar-refractivity contribution in [3.05, 3.63) is 34.7 Å². The lowest BCUT2D eigenvalue weighted by molar-refractivity contribution is -0.656. The molecule has 1 N–H and O–H groups in total. The van der Waals surface area contributed by atoms with Gasteiger partial charge in [0.15, 0.2) is 0 Å². The number of fused-ring (bicyclic) bond motifs is 1. The Hall–Kier alpha value is -1.35. The fourth-order valence-electron chi connectivity index (χ4n) is 1.72. The summed E-state index contributed by atoms with van der Waals surface area (Å²) in [6.45, 7) is 2.10. The Morgan fingerprint density at radius 2 is 1.84 bits per heavy atom. The molecule has 0 amide bonds. The Kier molecular flexibility index (Phi) is 4.75. The number of rotatable bonds is 0. The quantitative estimate of drug-likeness (QED) is 0.340. The smallest absolute Gasteiger partial charge is 0.351 e.